The molecule has 0 saturated heterocycles. The van der Waals surface area contributed by atoms with Crippen molar-refractivity contribution < 1.29 is 4.79 Å². The Bertz CT molecular complexity index is 1010. The molecule has 0 fully saturated rings. The van der Waals surface area contributed by atoms with Crippen molar-refractivity contribution in [2.24, 2.45) is 0 Å². The molecular formula is C16H11BrN6O. The molecule has 0 aliphatic carbocycles. The largest absolute Gasteiger partial charge is 0.289 e. The lowest BCUT2D eigenvalue weighted by atomic mass is 10.2. The van der Waals surface area contributed by atoms with Gasteiger partial charge >= 0.3 is 0 Å². The third-order valence-corrected chi connectivity index (χ3v) is 3.95. The molecule has 1 N–H and O–H groups in total. The number of benzene rings is 1. The fraction of sp³-hybridized carbons (Fsp3) is 0. The van der Waals surface area contributed by atoms with E-state index in [1.165, 1.54) is 0 Å². The van der Waals surface area contributed by atoms with Gasteiger partial charge in [0.05, 0.1) is 0 Å². The molecule has 0 radical (unpaired) electrons. The molecule has 24 heavy (non-hydrogen) atoms. The number of nitrogens with zero attached hydrogens (tertiary/aromatic N) is 5. The topological polar surface area (TPSA) is 77.1 Å². The molecule has 1 amide bonds. The highest BCUT2D eigenvalue weighted by Gasteiger charge is 2.13. The van der Waals surface area contributed by atoms with Gasteiger partial charge in [0.15, 0.2) is 5.65 Å². The molecule has 3 heterocycles. The number of fused-ring (bicyclic) bond motifs is 1. The van der Waals surface area contributed by atoms with Crippen molar-refractivity contribution in [3.63, 3.8) is 0 Å². The average molecular weight is 383 g/mol. The molecule has 0 bridgehead atoms. The molecule has 0 atom stereocenters. The Balaban J connectivity index is 1.67. The molecule has 0 unspecified atom stereocenters. The van der Waals surface area contributed by atoms with Crippen LogP contribution in [0.2, 0.25) is 0 Å². The number of hydrogen-bond acceptors (Lipinski definition) is 4. The molecule has 118 valence electrons. The summed E-state index contributed by atoms with van der Waals surface area (Å²) in [6.45, 7) is 0. The van der Waals surface area contributed by atoms with Gasteiger partial charge in [-0.15, -0.1) is 5.10 Å². The van der Waals surface area contributed by atoms with Crippen molar-refractivity contribution >= 4 is 33.4 Å². The van der Waals surface area contributed by atoms with Gasteiger partial charge in [0.25, 0.3) is 5.91 Å². The van der Waals surface area contributed by atoms with Crippen LogP contribution in [-0.2, 0) is 0 Å². The van der Waals surface area contributed by atoms with Crippen LogP contribution >= 0.6 is 15.9 Å². The molecule has 0 saturated carbocycles. The molecule has 8 heteroatoms. The summed E-state index contributed by atoms with van der Waals surface area (Å²) in [6, 6.07) is 12.6. The Morgan fingerprint density at radius 1 is 1.08 bits per heavy atom. The van der Waals surface area contributed by atoms with Crippen molar-refractivity contribution in [3.05, 3.63) is 71.1 Å². The van der Waals surface area contributed by atoms with Gasteiger partial charge in [-0.25, -0.2) is 9.20 Å². The van der Waals surface area contributed by atoms with Gasteiger partial charge in [0, 0.05) is 28.6 Å². The average Bonchev–Trinajstić information content (AvgIpc) is 3.24. The number of nitrogens with one attached hydrogen (secondary N) is 1. The summed E-state index contributed by atoms with van der Waals surface area (Å²) in [5.74, 6) is -0.0263. The van der Waals surface area contributed by atoms with Crippen LogP contribution in [0.25, 0.3) is 11.3 Å². The van der Waals surface area contributed by atoms with Gasteiger partial charge in [-0.05, 0) is 42.5 Å². The summed E-state index contributed by atoms with van der Waals surface area (Å²) < 4.78 is 4.22. The lowest BCUT2D eigenvalue weighted by Crippen LogP contribution is -2.12. The summed E-state index contributed by atoms with van der Waals surface area (Å²) in [6.07, 6.45) is 5.28. The van der Waals surface area contributed by atoms with Gasteiger partial charge in [-0.1, -0.05) is 15.9 Å². The van der Waals surface area contributed by atoms with E-state index in [1.54, 1.807) is 33.7 Å². The number of hydrogen-bond donors (Lipinski definition) is 1. The quantitative estimate of drug-likeness (QED) is 0.590. The first-order chi connectivity index (χ1) is 11.7. The second-order valence-electron chi connectivity index (χ2n) is 5.01. The highest BCUT2D eigenvalue weighted by atomic mass is 79.9. The van der Waals surface area contributed by atoms with E-state index < -0.39 is 0 Å². The van der Waals surface area contributed by atoms with Crippen LogP contribution in [0.5, 0.6) is 0 Å². The Kier molecular flexibility index (Phi) is 3.58. The SMILES string of the molecule is O=C(Nc1nc2c(-n3cccn3)cccn2n1)c1ccc(Br)cc1. The zero-order valence-corrected chi connectivity index (χ0v) is 13.9. The van der Waals surface area contributed by atoms with Crippen molar-refractivity contribution in [3.8, 4) is 5.69 Å². The highest BCUT2D eigenvalue weighted by Crippen LogP contribution is 2.16. The minimum Gasteiger partial charge on any atom is -0.289 e. The van der Waals surface area contributed by atoms with Gasteiger partial charge in [0.1, 0.15) is 5.69 Å². The predicted octanol–water partition coefficient (Wildman–Crippen LogP) is 2.93. The number of carbonyl (C=O) groups is 1. The third-order valence-electron chi connectivity index (χ3n) is 3.42. The number of pyridine rings is 1. The fourth-order valence-corrected chi connectivity index (χ4v) is 2.57. The maximum absolute atomic E-state index is 12.3. The number of halogens is 1. The van der Waals surface area contributed by atoms with Crippen LogP contribution in [0, 0.1) is 0 Å². The van der Waals surface area contributed by atoms with E-state index in [1.807, 2.05) is 36.5 Å². The Morgan fingerprint density at radius 3 is 2.67 bits per heavy atom. The van der Waals surface area contributed by atoms with Gasteiger partial charge in [-0.3, -0.25) is 10.1 Å². The van der Waals surface area contributed by atoms with Crippen molar-refractivity contribution in [1.82, 2.24) is 24.4 Å². The molecule has 4 aromatic rings. The molecule has 4 rings (SSSR count). The molecular weight excluding hydrogens is 372 g/mol. The molecule has 3 aromatic heterocycles. The highest BCUT2D eigenvalue weighted by molar-refractivity contribution is 9.10. The summed E-state index contributed by atoms with van der Waals surface area (Å²) in [7, 11) is 0. The first-order valence-electron chi connectivity index (χ1n) is 7.13. The zero-order chi connectivity index (χ0) is 16.5. The normalized spacial score (nSPS) is 10.9. The summed E-state index contributed by atoms with van der Waals surface area (Å²) >= 11 is 3.34. The Morgan fingerprint density at radius 2 is 1.92 bits per heavy atom. The zero-order valence-electron chi connectivity index (χ0n) is 12.3. The molecule has 0 spiro atoms. The van der Waals surface area contributed by atoms with Crippen LogP contribution in [0.3, 0.4) is 0 Å². The van der Waals surface area contributed by atoms with E-state index in [4.69, 9.17) is 0 Å². The minimum atomic E-state index is -0.265. The lowest BCUT2D eigenvalue weighted by molar-refractivity contribution is 0.102. The maximum Gasteiger partial charge on any atom is 0.258 e. The second-order valence-corrected chi connectivity index (χ2v) is 5.92. The van der Waals surface area contributed by atoms with Crippen LogP contribution in [0.1, 0.15) is 10.4 Å². The lowest BCUT2D eigenvalue weighted by Gasteiger charge is -2.01. The van der Waals surface area contributed by atoms with Crippen LogP contribution < -0.4 is 5.32 Å². The first kappa shape index (κ1) is 14.6. The van der Waals surface area contributed by atoms with Gasteiger partial charge < -0.3 is 0 Å². The van der Waals surface area contributed by atoms with E-state index in [0.717, 1.165) is 10.2 Å². The number of carbonyl (C=O) groups excluding carboxylic acids is 1. The number of amides is 1. The maximum atomic E-state index is 12.3. The minimum absolute atomic E-state index is 0.238. The Hall–Kier alpha value is -3.00. The van der Waals surface area contributed by atoms with E-state index in [2.05, 4.69) is 36.4 Å². The monoisotopic (exact) mass is 382 g/mol. The van der Waals surface area contributed by atoms with Crippen molar-refractivity contribution in [2.75, 3.05) is 5.32 Å². The van der Waals surface area contributed by atoms with E-state index in [9.17, 15) is 4.79 Å². The first-order valence-corrected chi connectivity index (χ1v) is 7.92. The van der Waals surface area contributed by atoms with Crippen LogP contribution in [-0.4, -0.2) is 30.3 Å². The molecule has 0 aliphatic heterocycles. The van der Waals surface area contributed by atoms with E-state index in [0.29, 0.717) is 11.2 Å². The smallest absolute Gasteiger partial charge is 0.258 e. The third kappa shape index (κ3) is 2.67. The fourth-order valence-electron chi connectivity index (χ4n) is 2.31. The number of anilines is 1. The van der Waals surface area contributed by atoms with Gasteiger partial charge in [0.2, 0.25) is 5.95 Å². The predicted molar refractivity (Wildman–Crippen MR) is 92.2 cm³/mol. The Labute approximate surface area is 145 Å². The van der Waals surface area contributed by atoms with E-state index in [-0.39, 0.29) is 11.9 Å². The number of rotatable bonds is 3. The summed E-state index contributed by atoms with van der Waals surface area (Å²) in [4.78, 5) is 16.7. The van der Waals surface area contributed by atoms with Crippen LogP contribution in [0.4, 0.5) is 5.95 Å². The second kappa shape index (κ2) is 5.89. The summed E-state index contributed by atoms with van der Waals surface area (Å²) in [5.41, 5.74) is 1.91. The molecule has 1 aromatic carbocycles. The van der Waals surface area contributed by atoms with Gasteiger partial charge in [-0.2, -0.15) is 10.1 Å². The molecule has 7 nitrogen and oxygen atoms in total. The molecule has 0 aliphatic rings. The summed E-state index contributed by atoms with van der Waals surface area (Å²) in [5, 5.41) is 11.2. The van der Waals surface area contributed by atoms with E-state index >= 15 is 0 Å². The van der Waals surface area contributed by atoms with Crippen molar-refractivity contribution in [2.45, 2.75) is 0 Å². The van der Waals surface area contributed by atoms with Crippen LogP contribution in [0.15, 0.2) is 65.5 Å². The standard InChI is InChI=1S/C16H11BrN6O/c17-12-6-4-11(5-7-12)15(24)20-16-19-14-13(22-10-2-8-18-22)3-1-9-23(14)21-16/h1-10H,(H,20,21,24). The number of aromatic nitrogens is 5. The van der Waals surface area contributed by atoms with Crippen molar-refractivity contribution in [1.29, 1.82) is 0 Å².